The van der Waals surface area contributed by atoms with Crippen molar-refractivity contribution >= 4 is 11.7 Å². The fraction of sp³-hybridized carbons (Fsp3) is 0.438. The Morgan fingerprint density at radius 2 is 2.35 bits per heavy atom. The first-order valence-electron chi connectivity index (χ1n) is 7.84. The Morgan fingerprint density at radius 1 is 1.48 bits per heavy atom. The molecule has 1 aliphatic carbocycles. The summed E-state index contributed by atoms with van der Waals surface area (Å²) in [4.78, 5) is 30.5. The predicted molar refractivity (Wildman–Crippen MR) is 84.9 cm³/mol. The van der Waals surface area contributed by atoms with Crippen molar-refractivity contribution in [3.63, 3.8) is 0 Å². The van der Waals surface area contributed by atoms with E-state index in [1.54, 1.807) is 23.2 Å². The van der Waals surface area contributed by atoms with Crippen LogP contribution in [0.25, 0.3) is 5.65 Å². The Morgan fingerprint density at radius 3 is 3.04 bits per heavy atom. The highest BCUT2D eigenvalue weighted by Crippen LogP contribution is 2.42. The molecule has 120 valence electrons. The van der Waals surface area contributed by atoms with Crippen molar-refractivity contribution in [1.29, 1.82) is 0 Å². The predicted octanol–water partition coefficient (Wildman–Crippen LogP) is 0.327. The van der Waals surface area contributed by atoms with Gasteiger partial charge in [-0.1, -0.05) is 6.07 Å². The van der Waals surface area contributed by atoms with Crippen LogP contribution >= 0.6 is 0 Å². The summed E-state index contributed by atoms with van der Waals surface area (Å²) in [6.07, 6.45) is 3.77. The van der Waals surface area contributed by atoms with Gasteiger partial charge in [0.15, 0.2) is 0 Å². The molecule has 2 amide bonds. The van der Waals surface area contributed by atoms with E-state index in [0.717, 1.165) is 19.4 Å². The Bertz CT molecular complexity index is 833. The van der Waals surface area contributed by atoms with Crippen molar-refractivity contribution in [2.24, 2.45) is 11.7 Å². The molecule has 3 heterocycles. The number of pyridine rings is 1. The Kier molecular flexibility index (Phi) is 3.12. The van der Waals surface area contributed by atoms with Gasteiger partial charge in [0.2, 0.25) is 0 Å². The number of nitrogens with two attached hydrogens (primary N) is 1. The molecule has 1 saturated heterocycles. The fourth-order valence-electron chi connectivity index (χ4n) is 3.51. The summed E-state index contributed by atoms with van der Waals surface area (Å²) < 4.78 is 1.47. The number of urea groups is 1. The van der Waals surface area contributed by atoms with Gasteiger partial charge in [0, 0.05) is 30.9 Å². The van der Waals surface area contributed by atoms with E-state index in [4.69, 9.17) is 5.73 Å². The van der Waals surface area contributed by atoms with Crippen molar-refractivity contribution < 1.29 is 4.79 Å². The van der Waals surface area contributed by atoms with E-state index in [0.29, 0.717) is 23.8 Å². The minimum Gasteiger partial charge on any atom is -0.332 e. The Balaban J connectivity index is 1.45. The molecule has 2 aromatic heterocycles. The van der Waals surface area contributed by atoms with Gasteiger partial charge in [-0.15, -0.1) is 0 Å². The maximum atomic E-state index is 12.3. The number of carbonyl (C=O) groups is 1. The van der Waals surface area contributed by atoms with Gasteiger partial charge in [-0.3, -0.25) is 9.20 Å². The molecule has 2 fully saturated rings. The number of rotatable bonds is 2. The highest BCUT2D eigenvalue weighted by Gasteiger charge is 2.51. The van der Waals surface area contributed by atoms with Crippen molar-refractivity contribution in [2.45, 2.75) is 24.9 Å². The summed E-state index contributed by atoms with van der Waals surface area (Å²) in [5, 5.41) is 2.84. The van der Waals surface area contributed by atoms with Crippen LogP contribution in [0.4, 0.5) is 4.79 Å². The van der Waals surface area contributed by atoms with Crippen LogP contribution in [0.2, 0.25) is 0 Å². The average Bonchev–Trinajstić information content (AvgIpc) is 2.77. The molecule has 1 saturated carbocycles. The first-order chi connectivity index (χ1) is 11.0. The number of hydrogen-bond acceptors (Lipinski definition) is 4. The normalized spacial score (nSPS) is 26.0. The van der Waals surface area contributed by atoms with Crippen LogP contribution in [0, 0.1) is 5.92 Å². The molecule has 0 bridgehead atoms. The van der Waals surface area contributed by atoms with E-state index in [-0.39, 0.29) is 23.7 Å². The molecule has 1 aliphatic heterocycles. The van der Waals surface area contributed by atoms with E-state index in [9.17, 15) is 9.59 Å². The molecule has 2 atom stereocenters. The molecule has 2 aliphatic rings. The Hall–Kier alpha value is -2.41. The van der Waals surface area contributed by atoms with Crippen LogP contribution in [-0.4, -0.2) is 38.9 Å². The zero-order valence-electron chi connectivity index (χ0n) is 12.7. The summed E-state index contributed by atoms with van der Waals surface area (Å²) in [7, 11) is 0. The van der Waals surface area contributed by atoms with Crippen molar-refractivity contribution in [2.75, 3.05) is 13.1 Å². The SMILES string of the molecule is N[C@]12CC[C@H]1CN(C(=O)NCc1cc(=O)n3ccccc3n1)C2. The number of nitrogens with one attached hydrogen (secondary N) is 1. The highest BCUT2D eigenvalue weighted by molar-refractivity contribution is 5.74. The van der Waals surface area contributed by atoms with E-state index in [2.05, 4.69) is 10.3 Å². The number of aromatic nitrogens is 2. The zero-order chi connectivity index (χ0) is 16.0. The minimum absolute atomic E-state index is 0.140. The highest BCUT2D eigenvalue weighted by atomic mass is 16.2. The van der Waals surface area contributed by atoms with Crippen LogP contribution in [0.1, 0.15) is 18.5 Å². The second-order valence-corrected chi connectivity index (χ2v) is 6.52. The lowest BCUT2D eigenvalue weighted by Crippen LogP contribution is -2.55. The lowest BCUT2D eigenvalue weighted by Gasteiger charge is -2.39. The van der Waals surface area contributed by atoms with Gasteiger partial charge in [0.25, 0.3) is 5.56 Å². The van der Waals surface area contributed by atoms with Gasteiger partial charge in [-0.2, -0.15) is 0 Å². The third kappa shape index (κ3) is 2.37. The third-order valence-corrected chi connectivity index (χ3v) is 5.03. The molecular formula is C16H19N5O2. The van der Waals surface area contributed by atoms with Crippen LogP contribution < -0.4 is 16.6 Å². The minimum atomic E-state index is -0.183. The van der Waals surface area contributed by atoms with Gasteiger partial charge >= 0.3 is 6.03 Å². The molecule has 0 radical (unpaired) electrons. The molecule has 0 aromatic carbocycles. The van der Waals surface area contributed by atoms with Gasteiger partial charge in [-0.25, -0.2) is 9.78 Å². The molecule has 7 heteroatoms. The summed E-state index contributed by atoms with van der Waals surface area (Å²) >= 11 is 0. The lowest BCUT2D eigenvalue weighted by atomic mass is 9.70. The van der Waals surface area contributed by atoms with Crippen LogP contribution in [0.3, 0.4) is 0 Å². The van der Waals surface area contributed by atoms with Gasteiger partial charge in [-0.05, 0) is 30.9 Å². The molecule has 2 aromatic rings. The number of nitrogens with zero attached hydrogens (tertiary/aromatic N) is 3. The van der Waals surface area contributed by atoms with Crippen molar-refractivity contribution in [3.05, 3.63) is 46.5 Å². The molecule has 0 spiro atoms. The standard InChI is InChI=1S/C16H19N5O2/c17-16-5-4-11(16)9-20(10-16)15(23)18-8-12-7-14(22)21-6-2-1-3-13(21)19-12/h1-3,6-7,11H,4-5,8-10,17H2,(H,18,23)/t11-,16-/m0/s1. The summed E-state index contributed by atoms with van der Waals surface area (Å²) in [6, 6.07) is 6.68. The third-order valence-electron chi connectivity index (χ3n) is 5.03. The molecule has 7 nitrogen and oxygen atoms in total. The first-order valence-corrected chi connectivity index (χ1v) is 7.84. The smallest absolute Gasteiger partial charge is 0.317 e. The number of carbonyl (C=O) groups excluding carboxylic acids is 1. The van der Waals surface area contributed by atoms with E-state index < -0.39 is 0 Å². The first kappa shape index (κ1) is 14.2. The van der Waals surface area contributed by atoms with Gasteiger partial charge in [0.1, 0.15) is 5.65 Å². The largest absolute Gasteiger partial charge is 0.332 e. The number of amides is 2. The molecule has 23 heavy (non-hydrogen) atoms. The molecule has 4 rings (SSSR count). The summed E-state index contributed by atoms with van der Waals surface area (Å²) in [6.45, 7) is 1.56. The topological polar surface area (TPSA) is 92.7 Å². The monoisotopic (exact) mass is 313 g/mol. The van der Waals surface area contributed by atoms with E-state index >= 15 is 0 Å². The number of likely N-dealkylation sites (tertiary alicyclic amines) is 1. The quantitative estimate of drug-likeness (QED) is 0.835. The zero-order valence-corrected chi connectivity index (χ0v) is 12.7. The molecule has 0 unspecified atom stereocenters. The average molecular weight is 313 g/mol. The lowest BCUT2D eigenvalue weighted by molar-refractivity contribution is 0.187. The van der Waals surface area contributed by atoms with E-state index in [1.807, 2.05) is 6.07 Å². The van der Waals surface area contributed by atoms with E-state index in [1.165, 1.54) is 10.5 Å². The van der Waals surface area contributed by atoms with Crippen molar-refractivity contribution in [3.8, 4) is 0 Å². The maximum Gasteiger partial charge on any atom is 0.317 e. The van der Waals surface area contributed by atoms with Gasteiger partial charge in [0.05, 0.1) is 12.2 Å². The Labute approximate surface area is 133 Å². The van der Waals surface area contributed by atoms with Gasteiger partial charge < -0.3 is 16.0 Å². The fourth-order valence-corrected chi connectivity index (χ4v) is 3.51. The van der Waals surface area contributed by atoms with Crippen LogP contribution in [0.15, 0.2) is 35.3 Å². The summed E-state index contributed by atoms with van der Waals surface area (Å²) in [5.74, 6) is 0.427. The second kappa shape index (κ2) is 5.06. The van der Waals surface area contributed by atoms with Crippen molar-refractivity contribution in [1.82, 2.24) is 19.6 Å². The second-order valence-electron chi connectivity index (χ2n) is 6.52. The summed E-state index contributed by atoms with van der Waals surface area (Å²) in [5.41, 5.74) is 7.04. The van der Waals surface area contributed by atoms with Crippen LogP contribution in [0.5, 0.6) is 0 Å². The molecular weight excluding hydrogens is 294 g/mol. The maximum absolute atomic E-state index is 12.3. The number of hydrogen-bond donors (Lipinski definition) is 2. The molecule has 3 N–H and O–H groups in total. The van der Waals surface area contributed by atoms with Crippen LogP contribution in [-0.2, 0) is 6.54 Å². The number of fused-ring (bicyclic) bond motifs is 2.